The summed E-state index contributed by atoms with van der Waals surface area (Å²) in [5.41, 5.74) is 2.75. The third-order valence-corrected chi connectivity index (χ3v) is 6.94. The molecule has 2 aliphatic carbocycles. The van der Waals surface area contributed by atoms with E-state index in [1.807, 2.05) is 18.2 Å². The average molecular weight is 467 g/mol. The summed E-state index contributed by atoms with van der Waals surface area (Å²) in [4.78, 5) is 25.1. The molecule has 2 aromatic heterocycles. The average Bonchev–Trinajstić information content (AvgIpc) is 3.56. The number of nitrogens with one attached hydrogen (secondary N) is 2. The second kappa shape index (κ2) is 8.74. The fourth-order valence-electron chi connectivity index (χ4n) is 4.77. The van der Waals surface area contributed by atoms with E-state index >= 15 is 0 Å². The molecule has 0 spiro atoms. The van der Waals surface area contributed by atoms with E-state index in [0.717, 1.165) is 42.2 Å². The SMILES string of the molecule is C[C@H]1CC[C@H](Cn2c(C3CC3)nc3nc(C(=N)NC(=O)O)nc(-c4cccc(Cl)c4)c32)CC1. The maximum absolute atomic E-state index is 11.1. The predicted molar refractivity (Wildman–Crippen MR) is 127 cm³/mol. The van der Waals surface area contributed by atoms with Gasteiger partial charge in [0.2, 0.25) is 0 Å². The molecule has 2 saturated carbocycles. The number of rotatable bonds is 5. The zero-order valence-corrected chi connectivity index (χ0v) is 19.3. The van der Waals surface area contributed by atoms with Gasteiger partial charge in [-0.3, -0.25) is 10.7 Å². The van der Waals surface area contributed by atoms with Crippen LogP contribution in [0, 0.1) is 17.2 Å². The number of imidazole rings is 1. The maximum atomic E-state index is 11.1. The maximum Gasteiger partial charge on any atom is 0.410 e. The molecular formula is C24H27ClN6O2. The van der Waals surface area contributed by atoms with Crippen LogP contribution in [0.1, 0.15) is 63.0 Å². The van der Waals surface area contributed by atoms with Crippen LogP contribution in [0.3, 0.4) is 0 Å². The molecule has 0 atom stereocenters. The topological polar surface area (TPSA) is 117 Å². The first-order valence-corrected chi connectivity index (χ1v) is 11.9. The number of hydrogen-bond acceptors (Lipinski definition) is 5. The summed E-state index contributed by atoms with van der Waals surface area (Å²) < 4.78 is 2.29. The minimum atomic E-state index is -1.33. The van der Waals surface area contributed by atoms with Gasteiger partial charge in [0.1, 0.15) is 17.0 Å². The van der Waals surface area contributed by atoms with Crippen LogP contribution in [0.2, 0.25) is 5.02 Å². The molecule has 0 bridgehead atoms. The van der Waals surface area contributed by atoms with E-state index in [4.69, 9.17) is 27.1 Å². The van der Waals surface area contributed by atoms with Gasteiger partial charge in [-0.2, -0.15) is 0 Å². The largest absolute Gasteiger partial charge is 0.465 e. The number of carboxylic acid groups (broad SMARTS) is 1. The summed E-state index contributed by atoms with van der Waals surface area (Å²) in [7, 11) is 0. The highest BCUT2D eigenvalue weighted by Crippen LogP contribution is 2.43. The standard InChI is InChI=1S/C24H27ClN6O2/c1-13-5-7-14(8-6-13)12-31-19-18(16-3-2-4-17(25)11-16)27-22(20(26)28-24(32)33)29-21(19)30-23(31)15-9-10-15/h2-4,11,13-15H,5-10,12H2,1H3,(H2,26,28)(H,32,33)/t13-,14-. The molecule has 3 aromatic rings. The van der Waals surface area contributed by atoms with Crippen molar-refractivity contribution in [3.63, 3.8) is 0 Å². The van der Waals surface area contributed by atoms with Crippen LogP contribution < -0.4 is 5.32 Å². The highest BCUT2D eigenvalue weighted by Gasteiger charge is 2.33. The third-order valence-electron chi connectivity index (χ3n) is 6.70. The monoisotopic (exact) mass is 466 g/mol. The number of hydrogen-bond donors (Lipinski definition) is 3. The number of halogens is 1. The van der Waals surface area contributed by atoms with Crippen molar-refractivity contribution in [2.75, 3.05) is 0 Å². The molecule has 2 aliphatic rings. The van der Waals surface area contributed by atoms with Crippen molar-refractivity contribution < 1.29 is 9.90 Å². The van der Waals surface area contributed by atoms with Crippen LogP contribution in [-0.4, -0.2) is 36.6 Å². The molecule has 5 rings (SSSR count). The molecular weight excluding hydrogens is 440 g/mol. The van der Waals surface area contributed by atoms with Crippen LogP contribution in [0.5, 0.6) is 0 Å². The molecule has 3 N–H and O–H groups in total. The van der Waals surface area contributed by atoms with E-state index in [2.05, 4.69) is 26.8 Å². The highest BCUT2D eigenvalue weighted by atomic mass is 35.5. The summed E-state index contributed by atoms with van der Waals surface area (Å²) >= 11 is 6.29. The van der Waals surface area contributed by atoms with Gasteiger partial charge in [0.05, 0.1) is 0 Å². The summed E-state index contributed by atoms with van der Waals surface area (Å²) in [6, 6.07) is 7.41. The van der Waals surface area contributed by atoms with Crippen molar-refractivity contribution >= 4 is 34.7 Å². The first-order valence-electron chi connectivity index (χ1n) is 11.5. The summed E-state index contributed by atoms with van der Waals surface area (Å²) in [5.74, 6) is 2.42. The zero-order chi connectivity index (χ0) is 23.1. The third kappa shape index (κ3) is 4.57. The summed E-state index contributed by atoms with van der Waals surface area (Å²) in [6.45, 7) is 3.20. The molecule has 172 valence electrons. The van der Waals surface area contributed by atoms with Crippen LogP contribution in [0.15, 0.2) is 24.3 Å². The van der Waals surface area contributed by atoms with Crippen molar-refractivity contribution in [2.24, 2.45) is 11.8 Å². The second-order valence-electron chi connectivity index (χ2n) is 9.36. The van der Waals surface area contributed by atoms with Crippen molar-refractivity contribution in [1.82, 2.24) is 24.8 Å². The Hall–Kier alpha value is -3.00. The minimum absolute atomic E-state index is 0.00152. The highest BCUT2D eigenvalue weighted by molar-refractivity contribution is 6.30. The number of amides is 1. The fourth-order valence-corrected chi connectivity index (χ4v) is 4.96. The van der Waals surface area contributed by atoms with Crippen LogP contribution in [0.4, 0.5) is 4.79 Å². The first kappa shape index (κ1) is 21.8. The quantitative estimate of drug-likeness (QED) is 0.341. The number of aromatic nitrogens is 4. The Morgan fingerprint density at radius 1 is 1.18 bits per heavy atom. The van der Waals surface area contributed by atoms with Gasteiger partial charge < -0.3 is 9.67 Å². The lowest BCUT2D eigenvalue weighted by Crippen LogP contribution is -2.30. The van der Waals surface area contributed by atoms with E-state index in [9.17, 15) is 4.79 Å². The van der Waals surface area contributed by atoms with E-state index in [1.165, 1.54) is 25.7 Å². The molecule has 1 amide bonds. The summed E-state index contributed by atoms with van der Waals surface area (Å²) in [5, 5.41) is 19.8. The Balaban J connectivity index is 1.67. The molecule has 0 saturated heterocycles. The van der Waals surface area contributed by atoms with Crippen LogP contribution in [0.25, 0.3) is 22.4 Å². The Morgan fingerprint density at radius 3 is 2.61 bits per heavy atom. The molecule has 2 heterocycles. The molecule has 0 unspecified atom stereocenters. The van der Waals surface area contributed by atoms with Crippen molar-refractivity contribution in [2.45, 2.75) is 57.9 Å². The summed E-state index contributed by atoms with van der Waals surface area (Å²) in [6.07, 6.45) is 5.77. The Labute approximate surface area is 196 Å². The normalized spacial score (nSPS) is 20.7. The van der Waals surface area contributed by atoms with E-state index < -0.39 is 6.09 Å². The van der Waals surface area contributed by atoms with Gasteiger partial charge in [-0.1, -0.05) is 43.5 Å². The Morgan fingerprint density at radius 2 is 1.94 bits per heavy atom. The lowest BCUT2D eigenvalue weighted by molar-refractivity contribution is 0.200. The molecule has 9 heteroatoms. The molecule has 0 aliphatic heterocycles. The second-order valence-corrected chi connectivity index (χ2v) is 9.80. The Kier molecular flexibility index (Phi) is 5.78. The number of nitrogens with zero attached hydrogens (tertiary/aromatic N) is 4. The molecule has 8 nitrogen and oxygen atoms in total. The van der Waals surface area contributed by atoms with Crippen molar-refractivity contribution in [3.05, 3.63) is 40.9 Å². The molecule has 1 aromatic carbocycles. The minimum Gasteiger partial charge on any atom is -0.465 e. The van der Waals surface area contributed by atoms with E-state index in [-0.39, 0.29) is 11.7 Å². The van der Waals surface area contributed by atoms with E-state index in [0.29, 0.717) is 28.2 Å². The van der Waals surface area contributed by atoms with Crippen molar-refractivity contribution in [1.29, 1.82) is 5.41 Å². The smallest absolute Gasteiger partial charge is 0.410 e. The fraction of sp³-hybridized carbons (Fsp3) is 0.458. The van der Waals surface area contributed by atoms with Crippen LogP contribution >= 0.6 is 11.6 Å². The first-order chi connectivity index (χ1) is 15.9. The van der Waals surface area contributed by atoms with Gasteiger partial charge >= 0.3 is 6.09 Å². The molecule has 33 heavy (non-hydrogen) atoms. The van der Waals surface area contributed by atoms with Gasteiger partial charge in [0, 0.05) is 23.0 Å². The van der Waals surface area contributed by atoms with E-state index in [1.54, 1.807) is 6.07 Å². The van der Waals surface area contributed by atoms with Gasteiger partial charge in [-0.05, 0) is 49.7 Å². The van der Waals surface area contributed by atoms with Crippen LogP contribution in [-0.2, 0) is 6.54 Å². The zero-order valence-electron chi connectivity index (χ0n) is 18.5. The number of amidine groups is 1. The molecule has 0 radical (unpaired) electrons. The number of fused-ring (bicyclic) bond motifs is 1. The Bertz CT molecular complexity index is 1230. The van der Waals surface area contributed by atoms with Gasteiger partial charge in [-0.25, -0.2) is 19.7 Å². The van der Waals surface area contributed by atoms with Gasteiger partial charge in [0.15, 0.2) is 17.3 Å². The van der Waals surface area contributed by atoms with Gasteiger partial charge in [-0.15, -0.1) is 0 Å². The molecule has 2 fully saturated rings. The number of carbonyl (C=O) groups is 1. The van der Waals surface area contributed by atoms with Crippen molar-refractivity contribution in [3.8, 4) is 11.3 Å². The lowest BCUT2D eigenvalue weighted by Gasteiger charge is -2.27. The lowest BCUT2D eigenvalue weighted by atomic mass is 9.83. The van der Waals surface area contributed by atoms with Gasteiger partial charge in [0.25, 0.3) is 0 Å². The number of benzene rings is 1. The predicted octanol–water partition coefficient (Wildman–Crippen LogP) is 5.44.